The first-order chi connectivity index (χ1) is 16.3. The molecule has 0 aliphatic heterocycles. The second-order valence-corrected chi connectivity index (χ2v) is 9.65. The quantitative estimate of drug-likeness (QED) is 0.305. The van der Waals surface area contributed by atoms with Crippen LogP contribution in [0.4, 0.5) is 5.13 Å². The number of nitrogens with zero attached hydrogens (tertiary/aromatic N) is 6. The van der Waals surface area contributed by atoms with Crippen molar-refractivity contribution in [3.63, 3.8) is 0 Å². The Kier molecular flexibility index (Phi) is 6.76. The summed E-state index contributed by atoms with van der Waals surface area (Å²) in [7, 11) is 0. The molecule has 4 aromatic rings. The van der Waals surface area contributed by atoms with Crippen molar-refractivity contribution in [3.8, 4) is 11.8 Å². The molecule has 12 heteroatoms. The topological polar surface area (TPSA) is 135 Å². The molecule has 0 fully saturated rings. The average molecular weight is 494 g/mol. The third kappa shape index (κ3) is 5.33. The van der Waals surface area contributed by atoms with Crippen LogP contribution in [0.2, 0.25) is 0 Å². The van der Waals surface area contributed by atoms with Crippen molar-refractivity contribution in [1.82, 2.24) is 24.8 Å². The van der Waals surface area contributed by atoms with Crippen LogP contribution in [-0.4, -0.2) is 30.7 Å². The normalized spacial score (nSPS) is 11.6. The van der Waals surface area contributed by atoms with Crippen molar-refractivity contribution in [1.29, 1.82) is 5.26 Å². The summed E-state index contributed by atoms with van der Waals surface area (Å²) in [6.07, 6.45) is 1.48. The summed E-state index contributed by atoms with van der Waals surface area (Å²) >= 11 is 2.61. The van der Waals surface area contributed by atoms with E-state index in [1.54, 1.807) is 24.3 Å². The van der Waals surface area contributed by atoms with Gasteiger partial charge in [-0.1, -0.05) is 48.7 Å². The van der Waals surface area contributed by atoms with Gasteiger partial charge in [0.15, 0.2) is 0 Å². The van der Waals surface area contributed by atoms with Gasteiger partial charge in [0.05, 0.1) is 5.69 Å². The van der Waals surface area contributed by atoms with E-state index >= 15 is 0 Å². The number of anilines is 1. The monoisotopic (exact) mass is 493 g/mol. The first-order valence-electron chi connectivity index (χ1n) is 10.2. The Balaban J connectivity index is 1.41. The number of nitrogens with one attached hydrogen (secondary N) is 1. The molecule has 0 saturated heterocycles. The third-order valence-corrected chi connectivity index (χ3v) is 6.46. The van der Waals surface area contributed by atoms with E-state index in [1.807, 2.05) is 26.8 Å². The molecular formula is C22H19N7O3S2. The Bertz CT molecular complexity index is 1480. The van der Waals surface area contributed by atoms with Gasteiger partial charge in [0.25, 0.3) is 11.5 Å². The Labute approximate surface area is 202 Å². The number of aromatic nitrogens is 5. The minimum atomic E-state index is -0.555. The molecule has 0 aliphatic carbocycles. The van der Waals surface area contributed by atoms with Gasteiger partial charge in [0.1, 0.15) is 34.0 Å². The molecule has 3 heterocycles. The standard InChI is InChI=1S/C22H19N7O3S2/c1-12(2)20-26-27-21(34-20)25-19(31)15(10-23)8-14-4-6-17(7-5-14)32-11-16-9-18(30)29-22(24-16)33-13(3)28-29/h4-9,12H,11H2,1-3H3,(H,25,27,31). The number of carbonyl (C=O) groups excluding carboxylic acids is 1. The van der Waals surface area contributed by atoms with E-state index in [4.69, 9.17) is 4.74 Å². The van der Waals surface area contributed by atoms with Crippen LogP contribution in [0.15, 0.2) is 40.7 Å². The van der Waals surface area contributed by atoms with Gasteiger partial charge in [-0.25, -0.2) is 4.98 Å². The van der Waals surface area contributed by atoms with E-state index in [0.717, 1.165) is 10.0 Å². The number of carbonyl (C=O) groups is 1. The van der Waals surface area contributed by atoms with Crippen molar-refractivity contribution in [3.05, 3.63) is 67.5 Å². The van der Waals surface area contributed by atoms with Crippen LogP contribution in [0.1, 0.15) is 41.0 Å². The number of nitriles is 1. The number of rotatable bonds is 7. The lowest BCUT2D eigenvalue weighted by Crippen LogP contribution is -2.16. The van der Waals surface area contributed by atoms with Gasteiger partial charge in [0.2, 0.25) is 10.1 Å². The van der Waals surface area contributed by atoms with Crippen molar-refractivity contribution in [2.24, 2.45) is 0 Å². The molecule has 3 aromatic heterocycles. The molecule has 1 aromatic carbocycles. The van der Waals surface area contributed by atoms with Gasteiger partial charge in [-0.3, -0.25) is 14.9 Å². The fraction of sp³-hybridized carbons (Fsp3) is 0.227. The van der Waals surface area contributed by atoms with Crippen LogP contribution in [0, 0.1) is 18.3 Å². The molecule has 0 radical (unpaired) electrons. The van der Waals surface area contributed by atoms with Crippen LogP contribution in [-0.2, 0) is 11.4 Å². The zero-order valence-corrected chi connectivity index (χ0v) is 20.1. The summed E-state index contributed by atoms with van der Waals surface area (Å²) in [6, 6.07) is 10.2. The van der Waals surface area contributed by atoms with Gasteiger partial charge in [-0.15, -0.1) is 10.2 Å². The fourth-order valence-corrected chi connectivity index (χ4v) is 4.35. The Hall–Kier alpha value is -3.95. The molecule has 0 saturated carbocycles. The summed E-state index contributed by atoms with van der Waals surface area (Å²) in [6.45, 7) is 5.89. The fourth-order valence-electron chi connectivity index (χ4n) is 2.84. The molecular weight excluding hydrogens is 474 g/mol. The molecule has 0 spiro atoms. The van der Waals surface area contributed by atoms with E-state index in [2.05, 4.69) is 25.6 Å². The molecule has 0 unspecified atom stereocenters. The van der Waals surface area contributed by atoms with Crippen molar-refractivity contribution < 1.29 is 9.53 Å². The lowest BCUT2D eigenvalue weighted by molar-refractivity contribution is -0.112. The highest BCUT2D eigenvalue weighted by Crippen LogP contribution is 2.23. The summed E-state index contributed by atoms with van der Waals surface area (Å²) in [5.41, 5.74) is 0.827. The largest absolute Gasteiger partial charge is 0.487 e. The second-order valence-electron chi connectivity index (χ2n) is 7.48. The molecule has 34 heavy (non-hydrogen) atoms. The first-order valence-corrected chi connectivity index (χ1v) is 11.8. The predicted octanol–water partition coefficient (Wildman–Crippen LogP) is 3.56. The minimum absolute atomic E-state index is 0.0622. The number of hydrogen-bond donors (Lipinski definition) is 1. The Morgan fingerprint density at radius 2 is 2.03 bits per heavy atom. The lowest BCUT2D eigenvalue weighted by atomic mass is 10.1. The van der Waals surface area contributed by atoms with Crippen LogP contribution >= 0.6 is 22.7 Å². The van der Waals surface area contributed by atoms with Gasteiger partial charge >= 0.3 is 0 Å². The predicted molar refractivity (Wildman–Crippen MR) is 129 cm³/mol. The van der Waals surface area contributed by atoms with Gasteiger partial charge in [-0.05, 0) is 30.7 Å². The molecule has 172 valence electrons. The number of hydrogen-bond acceptors (Lipinski definition) is 10. The number of ether oxygens (including phenoxy) is 1. The lowest BCUT2D eigenvalue weighted by Gasteiger charge is -2.06. The molecule has 0 atom stereocenters. The van der Waals surface area contributed by atoms with E-state index in [9.17, 15) is 14.9 Å². The highest BCUT2D eigenvalue weighted by Gasteiger charge is 2.14. The van der Waals surface area contributed by atoms with E-state index in [-0.39, 0.29) is 23.7 Å². The van der Waals surface area contributed by atoms with E-state index in [0.29, 0.717) is 27.1 Å². The zero-order chi connectivity index (χ0) is 24.2. The van der Waals surface area contributed by atoms with Crippen molar-refractivity contribution >= 4 is 44.7 Å². The Morgan fingerprint density at radius 1 is 1.26 bits per heavy atom. The number of fused-ring (bicyclic) bond motifs is 1. The van der Waals surface area contributed by atoms with E-state index in [1.165, 1.54) is 39.3 Å². The molecule has 1 N–H and O–H groups in total. The third-order valence-electron chi connectivity index (χ3n) is 4.50. The summed E-state index contributed by atoms with van der Waals surface area (Å²) in [5, 5.41) is 26.0. The summed E-state index contributed by atoms with van der Waals surface area (Å²) in [5.74, 6) is 0.199. The van der Waals surface area contributed by atoms with Gasteiger partial charge in [-0.2, -0.15) is 14.9 Å². The Morgan fingerprint density at radius 3 is 2.71 bits per heavy atom. The van der Waals surface area contributed by atoms with E-state index < -0.39 is 5.91 Å². The maximum Gasteiger partial charge on any atom is 0.275 e. The number of benzene rings is 1. The first kappa shape index (κ1) is 23.2. The second kappa shape index (κ2) is 9.90. The average Bonchev–Trinajstić information content (AvgIpc) is 3.43. The highest BCUT2D eigenvalue weighted by atomic mass is 32.1. The summed E-state index contributed by atoms with van der Waals surface area (Å²) in [4.78, 5) is 29.5. The highest BCUT2D eigenvalue weighted by molar-refractivity contribution is 7.16. The molecule has 0 aliphatic rings. The maximum atomic E-state index is 12.5. The van der Waals surface area contributed by atoms with Gasteiger partial charge in [0, 0.05) is 12.0 Å². The van der Waals surface area contributed by atoms with Crippen LogP contribution < -0.4 is 15.6 Å². The van der Waals surface area contributed by atoms with Crippen LogP contribution in [0.25, 0.3) is 11.0 Å². The smallest absolute Gasteiger partial charge is 0.275 e. The minimum Gasteiger partial charge on any atom is -0.487 e. The van der Waals surface area contributed by atoms with Crippen molar-refractivity contribution in [2.45, 2.75) is 33.3 Å². The molecule has 1 amide bonds. The zero-order valence-electron chi connectivity index (χ0n) is 18.5. The van der Waals surface area contributed by atoms with Crippen LogP contribution in [0.5, 0.6) is 5.75 Å². The molecule has 10 nitrogen and oxygen atoms in total. The number of aryl methyl sites for hydroxylation is 1. The van der Waals surface area contributed by atoms with Crippen molar-refractivity contribution in [2.75, 3.05) is 5.32 Å². The SMILES string of the molecule is Cc1nn2c(=O)cc(COc3ccc(C=C(C#N)C(=O)Nc4nnc(C(C)C)s4)cc3)nc2s1. The van der Waals surface area contributed by atoms with Gasteiger partial charge < -0.3 is 4.74 Å². The summed E-state index contributed by atoms with van der Waals surface area (Å²) < 4.78 is 7.00. The maximum absolute atomic E-state index is 12.5. The van der Waals surface area contributed by atoms with Crippen LogP contribution in [0.3, 0.4) is 0 Å². The molecule has 4 rings (SSSR count). The number of amides is 1. The molecule has 0 bridgehead atoms.